The van der Waals surface area contributed by atoms with Crippen LogP contribution in [0.4, 0.5) is 11.4 Å². The molecule has 0 amide bonds. The fraction of sp³-hybridized carbons (Fsp3) is 0.231. The lowest BCUT2D eigenvalue weighted by Gasteiger charge is -2.12. The van der Waals surface area contributed by atoms with Crippen molar-refractivity contribution in [3.8, 4) is 11.1 Å². The average Bonchev–Trinajstić information content (AvgIpc) is 3.05. The lowest BCUT2D eigenvalue weighted by atomic mass is 10.0. The van der Waals surface area contributed by atoms with Gasteiger partial charge in [0.15, 0.2) is 0 Å². The molecule has 2 aromatic heterocycles. The number of allylic oxidation sites excluding steroid dienone is 1. The lowest BCUT2D eigenvalue weighted by Crippen LogP contribution is -2.24. The van der Waals surface area contributed by atoms with Crippen LogP contribution in [0.2, 0.25) is 0 Å². The first kappa shape index (κ1) is 22.0. The number of anilines is 1. The van der Waals surface area contributed by atoms with E-state index in [1.807, 2.05) is 49.4 Å². The van der Waals surface area contributed by atoms with Gasteiger partial charge in [0.2, 0.25) is 0 Å². The topological polar surface area (TPSA) is 90.1 Å². The number of nitrogens with zero attached hydrogens (tertiary/aromatic N) is 3. The Bertz CT molecular complexity index is 1500. The van der Waals surface area contributed by atoms with Gasteiger partial charge in [-0.05, 0) is 55.0 Å². The summed E-state index contributed by atoms with van der Waals surface area (Å²) in [5, 5.41) is 15.0. The monoisotopic (exact) mass is 472 g/mol. The highest BCUT2D eigenvalue weighted by molar-refractivity contribution is 7.19. The average molecular weight is 473 g/mol. The molecular weight excluding hydrogens is 448 g/mol. The van der Waals surface area contributed by atoms with Crippen LogP contribution in [-0.2, 0) is 6.54 Å². The van der Waals surface area contributed by atoms with E-state index in [1.165, 1.54) is 11.3 Å². The third kappa shape index (κ3) is 3.80. The van der Waals surface area contributed by atoms with Crippen LogP contribution >= 0.6 is 11.3 Å². The van der Waals surface area contributed by atoms with Crippen LogP contribution in [0.15, 0.2) is 53.3 Å². The zero-order valence-electron chi connectivity index (χ0n) is 19.0. The van der Waals surface area contributed by atoms with Crippen LogP contribution in [0.1, 0.15) is 35.5 Å². The van der Waals surface area contributed by atoms with Crippen LogP contribution in [0.5, 0.6) is 0 Å². The van der Waals surface area contributed by atoms with Crippen molar-refractivity contribution in [1.82, 2.24) is 9.55 Å². The molecular formula is C26H24N4O3S. The van der Waals surface area contributed by atoms with Gasteiger partial charge >= 0.3 is 0 Å². The predicted molar refractivity (Wildman–Crippen MR) is 138 cm³/mol. The minimum atomic E-state index is -0.388. The minimum Gasteiger partial charge on any atom is -0.383 e. The summed E-state index contributed by atoms with van der Waals surface area (Å²) in [6.07, 6.45) is 4.49. The number of thiophene rings is 1. The number of aryl methyl sites for hydroxylation is 1. The molecule has 34 heavy (non-hydrogen) atoms. The highest BCUT2D eigenvalue weighted by atomic mass is 32.1. The SMILES string of the molecule is CNc1ccc(/C=C2\CCCCn3c2nc2sc(C)c(-c4ccccc4)c2c3=O)cc1[N+](=O)[O-]. The minimum absolute atomic E-state index is 0.0208. The van der Waals surface area contributed by atoms with Gasteiger partial charge in [0.25, 0.3) is 11.2 Å². The standard InChI is InChI=1S/C26H24N4O3S/c1-16-22(18-8-4-3-5-9-18)23-25(34-16)28-24-19(10-6-7-13-29(24)26(23)31)14-17-11-12-20(27-2)21(15-17)30(32)33/h3-5,8-9,11-12,14-15,27H,6-7,10,13H2,1-2H3/b19-14+. The first-order chi connectivity index (χ1) is 16.5. The van der Waals surface area contributed by atoms with E-state index < -0.39 is 0 Å². The van der Waals surface area contributed by atoms with Crippen molar-refractivity contribution in [2.24, 2.45) is 0 Å². The molecule has 172 valence electrons. The van der Waals surface area contributed by atoms with E-state index in [1.54, 1.807) is 23.7 Å². The molecule has 0 aliphatic carbocycles. The second kappa shape index (κ2) is 8.87. The van der Waals surface area contributed by atoms with Crippen LogP contribution in [0, 0.1) is 17.0 Å². The van der Waals surface area contributed by atoms with Gasteiger partial charge in [0.05, 0.1) is 10.3 Å². The lowest BCUT2D eigenvalue weighted by molar-refractivity contribution is -0.383. The maximum atomic E-state index is 13.8. The Morgan fingerprint density at radius 1 is 1.18 bits per heavy atom. The van der Waals surface area contributed by atoms with Crippen molar-refractivity contribution in [2.75, 3.05) is 12.4 Å². The van der Waals surface area contributed by atoms with Crippen molar-refractivity contribution < 1.29 is 4.92 Å². The van der Waals surface area contributed by atoms with Crippen LogP contribution in [-0.4, -0.2) is 21.5 Å². The third-order valence-electron chi connectivity index (χ3n) is 6.24. The first-order valence-corrected chi connectivity index (χ1v) is 12.1. The number of nitrogens with one attached hydrogen (secondary N) is 1. The van der Waals surface area contributed by atoms with E-state index in [-0.39, 0.29) is 16.2 Å². The van der Waals surface area contributed by atoms with Gasteiger partial charge in [-0.3, -0.25) is 19.5 Å². The zero-order valence-corrected chi connectivity index (χ0v) is 19.8. The molecule has 1 aliphatic heterocycles. The Balaban J connectivity index is 1.70. The van der Waals surface area contributed by atoms with E-state index in [4.69, 9.17) is 4.98 Å². The number of hydrogen-bond acceptors (Lipinski definition) is 6. The third-order valence-corrected chi connectivity index (χ3v) is 7.24. The number of hydrogen-bond donors (Lipinski definition) is 1. The molecule has 0 fully saturated rings. The Hall–Kier alpha value is -3.78. The van der Waals surface area contributed by atoms with Crippen molar-refractivity contribution in [3.05, 3.63) is 85.3 Å². The molecule has 1 aliphatic rings. The second-order valence-corrected chi connectivity index (χ2v) is 9.59. The van der Waals surface area contributed by atoms with Crippen LogP contribution < -0.4 is 10.9 Å². The second-order valence-electron chi connectivity index (χ2n) is 8.38. The summed E-state index contributed by atoms with van der Waals surface area (Å²) in [5.41, 5.74) is 4.09. The van der Waals surface area contributed by atoms with Gasteiger partial charge in [-0.2, -0.15) is 0 Å². The number of nitro groups is 1. The molecule has 0 saturated carbocycles. The summed E-state index contributed by atoms with van der Waals surface area (Å²) in [5.74, 6) is 0.663. The zero-order chi connectivity index (χ0) is 23.8. The van der Waals surface area contributed by atoms with Crippen molar-refractivity contribution in [2.45, 2.75) is 32.7 Å². The van der Waals surface area contributed by atoms with Gasteiger partial charge in [-0.15, -0.1) is 11.3 Å². The van der Waals surface area contributed by atoms with Crippen molar-refractivity contribution in [3.63, 3.8) is 0 Å². The summed E-state index contributed by atoms with van der Waals surface area (Å²) in [7, 11) is 1.66. The number of aromatic nitrogens is 2. The molecule has 2 aromatic carbocycles. The Morgan fingerprint density at radius 2 is 1.97 bits per heavy atom. The molecule has 0 bridgehead atoms. The molecule has 0 unspecified atom stereocenters. The summed E-state index contributed by atoms with van der Waals surface area (Å²) >= 11 is 1.54. The smallest absolute Gasteiger partial charge is 0.292 e. The Morgan fingerprint density at radius 3 is 2.71 bits per heavy atom. The maximum absolute atomic E-state index is 13.8. The van der Waals surface area contributed by atoms with Gasteiger partial charge in [0, 0.05) is 30.1 Å². The van der Waals surface area contributed by atoms with E-state index in [9.17, 15) is 14.9 Å². The number of fused-ring (bicyclic) bond motifs is 2. The van der Waals surface area contributed by atoms with Gasteiger partial charge in [0.1, 0.15) is 16.3 Å². The van der Waals surface area contributed by atoms with Crippen LogP contribution in [0.25, 0.3) is 33.0 Å². The number of nitro benzene ring substituents is 1. The highest BCUT2D eigenvalue weighted by Crippen LogP contribution is 2.37. The highest BCUT2D eigenvalue weighted by Gasteiger charge is 2.23. The molecule has 8 heteroatoms. The molecule has 3 heterocycles. The number of rotatable bonds is 4. The van der Waals surface area contributed by atoms with Crippen molar-refractivity contribution >= 4 is 44.6 Å². The fourth-order valence-corrected chi connectivity index (χ4v) is 5.67. The molecule has 0 atom stereocenters. The molecule has 4 aromatic rings. The quantitative estimate of drug-likeness (QED) is 0.286. The normalized spacial score (nSPS) is 14.7. The molecule has 1 N–H and O–H groups in total. The summed E-state index contributed by atoms with van der Waals surface area (Å²) in [4.78, 5) is 31.7. The van der Waals surface area contributed by atoms with E-state index >= 15 is 0 Å². The summed E-state index contributed by atoms with van der Waals surface area (Å²) in [6, 6.07) is 15.1. The van der Waals surface area contributed by atoms with E-state index in [0.717, 1.165) is 51.2 Å². The molecule has 7 nitrogen and oxygen atoms in total. The fourth-order valence-electron chi connectivity index (χ4n) is 4.64. The maximum Gasteiger partial charge on any atom is 0.292 e. The van der Waals surface area contributed by atoms with Crippen molar-refractivity contribution in [1.29, 1.82) is 0 Å². The summed E-state index contributed by atoms with van der Waals surface area (Å²) < 4.78 is 1.79. The predicted octanol–water partition coefficient (Wildman–Crippen LogP) is 6.11. The number of benzene rings is 2. The molecule has 5 rings (SSSR count). The van der Waals surface area contributed by atoms with E-state index in [2.05, 4.69) is 5.32 Å². The largest absolute Gasteiger partial charge is 0.383 e. The Labute approximate surface area is 200 Å². The van der Waals surface area contributed by atoms with E-state index in [0.29, 0.717) is 23.4 Å². The van der Waals surface area contributed by atoms with Gasteiger partial charge < -0.3 is 5.32 Å². The van der Waals surface area contributed by atoms with Gasteiger partial charge in [-0.1, -0.05) is 36.4 Å². The molecule has 0 saturated heterocycles. The Kier molecular flexibility index (Phi) is 5.75. The first-order valence-electron chi connectivity index (χ1n) is 11.2. The van der Waals surface area contributed by atoms with Gasteiger partial charge in [-0.25, -0.2) is 4.98 Å². The molecule has 0 radical (unpaired) electrons. The molecule has 0 spiro atoms. The van der Waals surface area contributed by atoms with Crippen LogP contribution in [0.3, 0.4) is 0 Å². The summed E-state index contributed by atoms with van der Waals surface area (Å²) in [6.45, 7) is 2.64.